The zero-order valence-corrected chi connectivity index (χ0v) is 18.8. The van der Waals surface area contributed by atoms with E-state index in [2.05, 4.69) is 10.0 Å². The van der Waals surface area contributed by atoms with E-state index in [1.54, 1.807) is 44.4 Å². The van der Waals surface area contributed by atoms with E-state index in [4.69, 9.17) is 4.74 Å². The molecule has 0 aliphatic carbocycles. The lowest BCUT2D eigenvalue weighted by atomic mass is 10.1. The molecule has 6 nitrogen and oxygen atoms in total. The van der Waals surface area contributed by atoms with Gasteiger partial charge in [-0.1, -0.05) is 36.4 Å². The summed E-state index contributed by atoms with van der Waals surface area (Å²) in [5.41, 5.74) is 3.06. The van der Waals surface area contributed by atoms with E-state index in [1.807, 2.05) is 44.2 Å². The van der Waals surface area contributed by atoms with Crippen LogP contribution >= 0.6 is 0 Å². The van der Waals surface area contributed by atoms with Gasteiger partial charge in [0.1, 0.15) is 5.75 Å². The van der Waals surface area contributed by atoms with Crippen LogP contribution in [0.15, 0.2) is 71.6 Å². The second-order valence-corrected chi connectivity index (χ2v) is 9.04. The summed E-state index contributed by atoms with van der Waals surface area (Å²) >= 11 is 0. The minimum atomic E-state index is -3.86. The molecule has 0 saturated carbocycles. The fraction of sp³-hybridized carbons (Fsp3) is 0.208. The first-order valence-corrected chi connectivity index (χ1v) is 11.3. The normalized spacial score (nSPS) is 12.1. The quantitative estimate of drug-likeness (QED) is 0.564. The number of methoxy groups -OCH3 is 1. The molecule has 2 N–H and O–H groups in total. The van der Waals surface area contributed by atoms with Crippen molar-refractivity contribution in [2.45, 2.75) is 31.7 Å². The van der Waals surface area contributed by atoms with Crippen molar-refractivity contribution in [2.75, 3.05) is 11.8 Å². The van der Waals surface area contributed by atoms with Crippen LogP contribution in [-0.4, -0.2) is 21.4 Å². The molecule has 0 radical (unpaired) electrons. The third kappa shape index (κ3) is 5.24. The number of nitrogens with one attached hydrogen (secondary N) is 2. The predicted octanol–water partition coefficient (Wildman–Crippen LogP) is 4.60. The molecule has 0 aromatic heterocycles. The number of rotatable bonds is 7. The van der Waals surface area contributed by atoms with Gasteiger partial charge in [-0.2, -0.15) is 0 Å². The van der Waals surface area contributed by atoms with Crippen LogP contribution in [0.4, 0.5) is 5.69 Å². The van der Waals surface area contributed by atoms with E-state index in [0.717, 1.165) is 11.1 Å². The first-order chi connectivity index (χ1) is 14.7. The van der Waals surface area contributed by atoms with Crippen molar-refractivity contribution in [2.24, 2.45) is 0 Å². The SMILES string of the molecule is COc1ccccc1[C@H](C)NC(=O)c1ccc(C)c(S(=O)(=O)Nc2cccc(C)c2)c1. The van der Waals surface area contributed by atoms with Crippen LogP contribution < -0.4 is 14.8 Å². The number of carbonyl (C=O) groups excluding carboxylic acids is 1. The van der Waals surface area contributed by atoms with Crippen LogP contribution in [0.5, 0.6) is 5.75 Å². The molecule has 0 aliphatic heterocycles. The number of sulfonamides is 1. The van der Waals surface area contributed by atoms with Gasteiger partial charge < -0.3 is 10.1 Å². The lowest BCUT2D eigenvalue weighted by Gasteiger charge is -2.18. The van der Waals surface area contributed by atoms with E-state index in [0.29, 0.717) is 17.0 Å². The molecule has 1 atom stereocenters. The number of carbonyl (C=O) groups is 1. The molecule has 3 aromatic carbocycles. The average molecular weight is 439 g/mol. The number of anilines is 1. The minimum Gasteiger partial charge on any atom is -0.496 e. The summed E-state index contributed by atoms with van der Waals surface area (Å²) in [7, 11) is -2.28. The van der Waals surface area contributed by atoms with Crippen LogP contribution in [0.25, 0.3) is 0 Å². The summed E-state index contributed by atoms with van der Waals surface area (Å²) in [5, 5.41) is 2.91. The Morgan fingerprint density at radius 2 is 1.71 bits per heavy atom. The van der Waals surface area contributed by atoms with Crippen molar-refractivity contribution in [1.29, 1.82) is 0 Å². The van der Waals surface area contributed by atoms with Gasteiger partial charge in [-0.3, -0.25) is 9.52 Å². The fourth-order valence-corrected chi connectivity index (χ4v) is 4.65. The van der Waals surface area contributed by atoms with E-state index < -0.39 is 10.0 Å². The second-order valence-electron chi connectivity index (χ2n) is 7.39. The maximum atomic E-state index is 13.0. The average Bonchev–Trinajstić information content (AvgIpc) is 2.73. The van der Waals surface area contributed by atoms with Gasteiger partial charge in [0, 0.05) is 16.8 Å². The van der Waals surface area contributed by atoms with E-state index in [-0.39, 0.29) is 22.4 Å². The topological polar surface area (TPSA) is 84.5 Å². The maximum absolute atomic E-state index is 13.0. The Morgan fingerprint density at radius 3 is 2.42 bits per heavy atom. The van der Waals surface area contributed by atoms with Crippen molar-refractivity contribution >= 4 is 21.6 Å². The number of para-hydroxylation sites is 1. The Hall–Kier alpha value is -3.32. The van der Waals surface area contributed by atoms with Crippen LogP contribution in [-0.2, 0) is 10.0 Å². The van der Waals surface area contributed by atoms with Gasteiger partial charge in [0.15, 0.2) is 0 Å². The molecule has 0 heterocycles. The monoisotopic (exact) mass is 438 g/mol. The highest BCUT2D eigenvalue weighted by atomic mass is 32.2. The van der Waals surface area contributed by atoms with E-state index >= 15 is 0 Å². The molecule has 0 bridgehead atoms. The molecule has 3 rings (SSSR count). The van der Waals surface area contributed by atoms with Crippen molar-refractivity contribution in [3.63, 3.8) is 0 Å². The van der Waals surface area contributed by atoms with Gasteiger partial charge in [0.25, 0.3) is 15.9 Å². The Morgan fingerprint density at radius 1 is 0.968 bits per heavy atom. The molecule has 0 aliphatic rings. The Labute approximate surface area is 183 Å². The smallest absolute Gasteiger partial charge is 0.262 e. The lowest BCUT2D eigenvalue weighted by Crippen LogP contribution is -2.27. The first kappa shape index (κ1) is 22.4. The molecule has 0 unspecified atom stereocenters. The number of benzene rings is 3. The third-order valence-electron chi connectivity index (χ3n) is 4.96. The first-order valence-electron chi connectivity index (χ1n) is 9.85. The number of hydrogen-bond donors (Lipinski definition) is 2. The van der Waals surface area contributed by atoms with Gasteiger partial charge in [0.2, 0.25) is 0 Å². The number of amides is 1. The Bertz CT molecular complexity index is 1210. The van der Waals surface area contributed by atoms with Crippen molar-refractivity contribution in [3.05, 3.63) is 89.0 Å². The van der Waals surface area contributed by atoms with Crippen LogP contribution in [0.3, 0.4) is 0 Å². The molecule has 0 fully saturated rings. The zero-order valence-electron chi connectivity index (χ0n) is 18.0. The van der Waals surface area contributed by atoms with E-state index in [9.17, 15) is 13.2 Å². The summed E-state index contributed by atoms with van der Waals surface area (Å²) < 4.78 is 33.9. The molecule has 7 heteroatoms. The summed E-state index contributed by atoms with van der Waals surface area (Å²) in [6.07, 6.45) is 0. The highest BCUT2D eigenvalue weighted by Crippen LogP contribution is 2.25. The number of hydrogen-bond acceptors (Lipinski definition) is 4. The standard InChI is InChI=1S/C24H26N2O4S/c1-16-8-7-9-20(14-16)26-31(28,29)23-15-19(13-12-17(23)2)24(27)25-18(3)21-10-5-6-11-22(21)30-4/h5-15,18,26H,1-4H3,(H,25,27)/t18-/m0/s1. The van der Waals surface area contributed by atoms with Gasteiger partial charge in [-0.05, 0) is 62.2 Å². The predicted molar refractivity (Wildman–Crippen MR) is 122 cm³/mol. The van der Waals surface area contributed by atoms with Gasteiger partial charge in [-0.15, -0.1) is 0 Å². The van der Waals surface area contributed by atoms with Crippen LogP contribution in [0.1, 0.15) is 40.0 Å². The molecule has 1 amide bonds. The molecule has 0 saturated heterocycles. The number of aryl methyl sites for hydroxylation is 2. The van der Waals surface area contributed by atoms with Gasteiger partial charge in [0.05, 0.1) is 18.0 Å². The van der Waals surface area contributed by atoms with Crippen molar-refractivity contribution in [1.82, 2.24) is 5.32 Å². The summed E-state index contributed by atoms with van der Waals surface area (Å²) in [6.45, 7) is 5.43. The van der Waals surface area contributed by atoms with Crippen LogP contribution in [0, 0.1) is 13.8 Å². The fourth-order valence-electron chi connectivity index (χ4n) is 3.33. The van der Waals surface area contributed by atoms with Gasteiger partial charge in [-0.25, -0.2) is 8.42 Å². The zero-order chi connectivity index (χ0) is 22.6. The minimum absolute atomic E-state index is 0.0617. The molecule has 31 heavy (non-hydrogen) atoms. The highest BCUT2D eigenvalue weighted by Gasteiger charge is 2.21. The van der Waals surface area contributed by atoms with Crippen LogP contribution in [0.2, 0.25) is 0 Å². The lowest BCUT2D eigenvalue weighted by molar-refractivity contribution is 0.0939. The molecular formula is C24H26N2O4S. The summed E-state index contributed by atoms with van der Waals surface area (Å²) in [5.74, 6) is 0.301. The van der Waals surface area contributed by atoms with E-state index in [1.165, 1.54) is 6.07 Å². The summed E-state index contributed by atoms with van der Waals surface area (Å²) in [6, 6.07) is 18.9. The number of ether oxygens (including phenoxy) is 1. The second kappa shape index (κ2) is 9.22. The third-order valence-corrected chi connectivity index (χ3v) is 6.49. The molecule has 162 valence electrons. The Balaban J connectivity index is 1.85. The highest BCUT2D eigenvalue weighted by molar-refractivity contribution is 7.92. The largest absolute Gasteiger partial charge is 0.496 e. The molecule has 3 aromatic rings. The summed E-state index contributed by atoms with van der Waals surface area (Å²) in [4.78, 5) is 12.9. The molecule has 0 spiro atoms. The maximum Gasteiger partial charge on any atom is 0.262 e. The molecular weight excluding hydrogens is 412 g/mol. The van der Waals surface area contributed by atoms with Crippen molar-refractivity contribution in [3.8, 4) is 5.75 Å². The Kier molecular flexibility index (Phi) is 6.65. The van der Waals surface area contributed by atoms with Gasteiger partial charge >= 0.3 is 0 Å². The van der Waals surface area contributed by atoms with Crippen molar-refractivity contribution < 1.29 is 17.9 Å².